The van der Waals surface area contributed by atoms with Gasteiger partial charge in [0.15, 0.2) is 0 Å². The van der Waals surface area contributed by atoms with Crippen molar-refractivity contribution >= 4 is 27.5 Å². The standard InChI is InChI=1S/C22H27ClN2O3S/c1-17-7-9-18(10-8-17)15-25(16-22(26)24-20-5-3-2-4-6-20)29(27,28)21-13-11-19(23)12-14-21/h7-14,20H,2-6,15-16H2,1H3,(H,24,26). The van der Waals surface area contributed by atoms with E-state index in [4.69, 9.17) is 11.6 Å². The second-order valence-corrected chi connectivity index (χ2v) is 9.99. The molecule has 0 spiro atoms. The number of nitrogens with zero attached hydrogens (tertiary/aromatic N) is 1. The van der Waals surface area contributed by atoms with Crippen molar-refractivity contribution in [1.82, 2.24) is 9.62 Å². The first-order valence-electron chi connectivity index (χ1n) is 9.95. The number of amides is 1. The van der Waals surface area contributed by atoms with Crippen LogP contribution in [0, 0.1) is 6.92 Å². The van der Waals surface area contributed by atoms with Gasteiger partial charge in [0.05, 0.1) is 11.4 Å². The van der Waals surface area contributed by atoms with E-state index in [1.165, 1.54) is 22.9 Å². The topological polar surface area (TPSA) is 66.5 Å². The van der Waals surface area contributed by atoms with Crippen LogP contribution >= 0.6 is 11.6 Å². The molecule has 0 heterocycles. The van der Waals surface area contributed by atoms with Crippen molar-refractivity contribution < 1.29 is 13.2 Å². The molecule has 1 aliphatic rings. The Morgan fingerprint density at radius 1 is 1.03 bits per heavy atom. The van der Waals surface area contributed by atoms with Crippen molar-refractivity contribution in [2.45, 2.75) is 56.5 Å². The van der Waals surface area contributed by atoms with E-state index < -0.39 is 10.0 Å². The van der Waals surface area contributed by atoms with Gasteiger partial charge in [0.1, 0.15) is 0 Å². The van der Waals surface area contributed by atoms with Gasteiger partial charge >= 0.3 is 0 Å². The van der Waals surface area contributed by atoms with Gasteiger partial charge in [-0.05, 0) is 49.6 Å². The van der Waals surface area contributed by atoms with Gasteiger partial charge in [-0.3, -0.25) is 4.79 Å². The largest absolute Gasteiger partial charge is 0.352 e. The summed E-state index contributed by atoms with van der Waals surface area (Å²) in [4.78, 5) is 12.8. The zero-order chi connectivity index (χ0) is 20.9. The lowest BCUT2D eigenvalue weighted by Crippen LogP contribution is -2.44. The van der Waals surface area contributed by atoms with Crippen molar-refractivity contribution in [2.75, 3.05) is 6.54 Å². The molecule has 7 heteroatoms. The third-order valence-electron chi connectivity index (χ3n) is 5.22. The van der Waals surface area contributed by atoms with Crippen LogP contribution in [0.3, 0.4) is 0 Å². The maximum Gasteiger partial charge on any atom is 0.243 e. The highest BCUT2D eigenvalue weighted by Crippen LogP contribution is 2.21. The molecule has 1 fully saturated rings. The number of carbonyl (C=O) groups excluding carboxylic acids is 1. The minimum absolute atomic E-state index is 0.125. The fourth-order valence-corrected chi connectivity index (χ4v) is 5.07. The van der Waals surface area contributed by atoms with Crippen LogP contribution in [0.15, 0.2) is 53.4 Å². The average Bonchev–Trinajstić information content (AvgIpc) is 2.70. The molecule has 0 unspecified atom stereocenters. The number of halogens is 1. The van der Waals surface area contributed by atoms with Crippen molar-refractivity contribution in [2.24, 2.45) is 0 Å². The number of sulfonamides is 1. The molecule has 0 atom stereocenters. The first-order chi connectivity index (χ1) is 13.8. The van der Waals surface area contributed by atoms with Gasteiger partial charge in [0.2, 0.25) is 15.9 Å². The van der Waals surface area contributed by atoms with Crippen molar-refractivity contribution in [3.63, 3.8) is 0 Å². The Morgan fingerprint density at radius 2 is 1.66 bits per heavy atom. The predicted molar refractivity (Wildman–Crippen MR) is 115 cm³/mol. The van der Waals surface area contributed by atoms with Gasteiger partial charge in [0, 0.05) is 17.6 Å². The van der Waals surface area contributed by atoms with Crippen molar-refractivity contribution in [3.8, 4) is 0 Å². The molecule has 29 heavy (non-hydrogen) atoms. The zero-order valence-corrected chi connectivity index (χ0v) is 18.2. The molecule has 3 rings (SSSR count). The summed E-state index contributed by atoms with van der Waals surface area (Å²) in [6.45, 7) is 1.89. The molecule has 0 radical (unpaired) electrons. The molecule has 5 nitrogen and oxygen atoms in total. The second-order valence-electron chi connectivity index (χ2n) is 7.62. The summed E-state index contributed by atoms with van der Waals surface area (Å²) in [6, 6.07) is 13.8. The number of nitrogens with one attached hydrogen (secondary N) is 1. The molecule has 0 bridgehead atoms. The zero-order valence-electron chi connectivity index (χ0n) is 16.6. The van der Waals surface area contributed by atoms with E-state index in [1.807, 2.05) is 31.2 Å². The van der Waals surface area contributed by atoms with Crippen LogP contribution < -0.4 is 5.32 Å². The summed E-state index contributed by atoms with van der Waals surface area (Å²) in [6.07, 6.45) is 5.29. The number of rotatable bonds is 7. The van der Waals surface area contributed by atoms with Crippen molar-refractivity contribution in [1.29, 1.82) is 0 Å². The lowest BCUT2D eigenvalue weighted by molar-refractivity contribution is -0.122. The minimum Gasteiger partial charge on any atom is -0.352 e. The molecule has 1 saturated carbocycles. The summed E-state index contributed by atoms with van der Waals surface area (Å²) >= 11 is 5.91. The maximum atomic E-state index is 13.2. The van der Waals surface area contributed by atoms with E-state index in [2.05, 4.69) is 5.32 Å². The Labute approximate surface area is 178 Å². The SMILES string of the molecule is Cc1ccc(CN(CC(=O)NC2CCCCC2)S(=O)(=O)c2ccc(Cl)cc2)cc1. The third-order valence-corrected chi connectivity index (χ3v) is 7.28. The lowest BCUT2D eigenvalue weighted by Gasteiger charge is -2.26. The molecule has 1 aliphatic carbocycles. The van der Waals surface area contributed by atoms with Crippen LogP contribution in [0.4, 0.5) is 0 Å². The minimum atomic E-state index is -3.85. The van der Waals surface area contributed by atoms with E-state index in [-0.39, 0.29) is 29.9 Å². The molecule has 1 N–H and O–H groups in total. The molecule has 0 aromatic heterocycles. The number of benzene rings is 2. The van der Waals surface area contributed by atoms with Crippen molar-refractivity contribution in [3.05, 3.63) is 64.7 Å². The maximum absolute atomic E-state index is 13.2. The smallest absolute Gasteiger partial charge is 0.243 e. The van der Waals surface area contributed by atoms with Crippen LogP contribution in [0.2, 0.25) is 5.02 Å². The van der Waals surface area contributed by atoms with Crippen LogP contribution in [-0.2, 0) is 21.4 Å². The molecule has 2 aromatic rings. The van der Waals surface area contributed by atoms with Gasteiger partial charge in [-0.25, -0.2) is 8.42 Å². The number of hydrogen-bond donors (Lipinski definition) is 1. The van der Waals surface area contributed by atoms with Gasteiger partial charge < -0.3 is 5.32 Å². The first kappa shape index (κ1) is 21.8. The Kier molecular flexibility index (Phi) is 7.33. The van der Waals surface area contributed by atoms with Gasteiger partial charge in [-0.15, -0.1) is 0 Å². The van der Waals surface area contributed by atoms with E-state index in [0.717, 1.165) is 36.8 Å². The fourth-order valence-electron chi connectivity index (χ4n) is 3.56. The van der Waals surface area contributed by atoms with Crippen LogP contribution in [0.5, 0.6) is 0 Å². The van der Waals surface area contributed by atoms with Gasteiger partial charge in [-0.1, -0.05) is 60.7 Å². The molecule has 156 valence electrons. The Balaban J connectivity index is 1.81. The van der Waals surface area contributed by atoms with Gasteiger partial charge in [-0.2, -0.15) is 4.31 Å². The molecule has 1 amide bonds. The summed E-state index contributed by atoms with van der Waals surface area (Å²) in [5.41, 5.74) is 1.93. The Bertz CT molecular complexity index is 922. The highest BCUT2D eigenvalue weighted by molar-refractivity contribution is 7.89. The van der Waals surface area contributed by atoms with Crippen LogP contribution in [-0.4, -0.2) is 31.2 Å². The molecule has 2 aromatic carbocycles. The molecule has 0 aliphatic heterocycles. The molecular formula is C22H27ClN2O3S. The average molecular weight is 435 g/mol. The van der Waals surface area contributed by atoms with E-state index >= 15 is 0 Å². The monoisotopic (exact) mass is 434 g/mol. The normalized spacial score (nSPS) is 15.4. The van der Waals surface area contributed by atoms with E-state index in [0.29, 0.717) is 5.02 Å². The van der Waals surface area contributed by atoms with E-state index in [9.17, 15) is 13.2 Å². The summed E-state index contributed by atoms with van der Waals surface area (Å²) in [5, 5.41) is 3.47. The molecule has 0 saturated heterocycles. The van der Waals surface area contributed by atoms with Crippen LogP contribution in [0.1, 0.15) is 43.2 Å². The summed E-state index contributed by atoms with van der Waals surface area (Å²) in [5.74, 6) is -0.262. The van der Waals surface area contributed by atoms with E-state index in [1.54, 1.807) is 12.1 Å². The van der Waals surface area contributed by atoms with Crippen LogP contribution in [0.25, 0.3) is 0 Å². The quantitative estimate of drug-likeness (QED) is 0.706. The number of hydrogen-bond acceptors (Lipinski definition) is 3. The Hall–Kier alpha value is -1.89. The highest BCUT2D eigenvalue weighted by atomic mass is 35.5. The summed E-state index contributed by atoms with van der Waals surface area (Å²) in [7, 11) is -3.85. The Morgan fingerprint density at radius 3 is 2.28 bits per heavy atom. The van der Waals surface area contributed by atoms with Gasteiger partial charge in [0.25, 0.3) is 0 Å². The summed E-state index contributed by atoms with van der Waals surface area (Å²) < 4.78 is 27.7. The lowest BCUT2D eigenvalue weighted by atomic mass is 9.95. The molecular weight excluding hydrogens is 408 g/mol. The second kappa shape index (κ2) is 9.74. The first-order valence-corrected chi connectivity index (χ1v) is 11.8. The highest BCUT2D eigenvalue weighted by Gasteiger charge is 2.28. The predicted octanol–water partition coefficient (Wildman–Crippen LogP) is 4.29. The number of carbonyl (C=O) groups is 1. The third kappa shape index (κ3) is 6.04. The number of aryl methyl sites for hydroxylation is 1. The fraction of sp³-hybridized carbons (Fsp3) is 0.409.